The molecule has 0 unspecified atom stereocenters. The van der Waals surface area contributed by atoms with Gasteiger partial charge in [0.1, 0.15) is 0 Å². The Kier molecular flexibility index (Phi) is 2.81. The van der Waals surface area contributed by atoms with Crippen LogP contribution in [0.3, 0.4) is 0 Å². The van der Waals surface area contributed by atoms with Crippen LogP contribution in [0.2, 0.25) is 0 Å². The van der Waals surface area contributed by atoms with Crippen molar-refractivity contribution in [3.8, 4) is 0 Å². The topological polar surface area (TPSA) is 75.4 Å². The lowest BCUT2D eigenvalue weighted by molar-refractivity contribution is -0.139. The molecule has 1 aromatic heterocycles. The summed E-state index contributed by atoms with van der Waals surface area (Å²) in [5.74, 6) is -1.04. The fourth-order valence-corrected chi connectivity index (χ4v) is 0.908. The molecule has 0 aliphatic rings. The first-order chi connectivity index (χ1) is 6.13. The highest BCUT2D eigenvalue weighted by atomic mass is 16.4. The molecule has 0 saturated carbocycles. The number of aromatic nitrogens is 2. The molecule has 5 nitrogen and oxygen atoms in total. The van der Waals surface area contributed by atoms with Gasteiger partial charge in [-0.05, 0) is 0 Å². The number of rotatable bonds is 4. The minimum Gasteiger partial charge on any atom is -0.481 e. The third kappa shape index (κ3) is 2.41. The molecule has 1 atom stereocenters. The van der Waals surface area contributed by atoms with E-state index in [-0.39, 0.29) is 6.42 Å². The summed E-state index contributed by atoms with van der Waals surface area (Å²) in [6.07, 6.45) is 3.07. The van der Waals surface area contributed by atoms with Crippen molar-refractivity contribution in [3.63, 3.8) is 0 Å². The lowest BCUT2D eigenvalue weighted by Crippen LogP contribution is -2.04. The average Bonchev–Trinajstić information content (AvgIpc) is 2.50. The van der Waals surface area contributed by atoms with E-state index in [1.807, 2.05) is 0 Å². The van der Waals surface area contributed by atoms with Gasteiger partial charge in [0.25, 0.3) is 0 Å². The normalized spacial score (nSPS) is 12.4. The number of carboxylic acid groups (broad SMARTS) is 1. The largest absolute Gasteiger partial charge is 0.481 e. The highest BCUT2D eigenvalue weighted by molar-refractivity contribution is 5.67. The Morgan fingerprint density at radius 3 is 3.00 bits per heavy atom. The van der Waals surface area contributed by atoms with Crippen LogP contribution in [0.4, 0.5) is 0 Å². The molecule has 0 aliphatic heterocycles. The van der Waals surface area contributed by atoms with E-state index in [1.165, 1.54) is 23.3 Å². The highest BCUT2D eigenvalue weighted by Crippen LogP contribution is 2.15. The van der Waals surface area contributed by atoms with Crippen LogP contribution in [0.1, 0.15) is 18.1 Å². The van der Waals surface area contributed by atoms with E-state index in [9.17, 15) is 9.90 Å². The smallest absolute Gasteiger partial charge is 0.306 e. The quantitative estimate of drug-likeness (QED) is 0.710. The Balaban J connectivity index is 2.70. The van der Waals surface area contributed by atoms with Gasteiger partial charge in [0, 0.05) is 18.0 Å². The summed E-state index contributed by atoms with van der Waals surface area (Å²) in [6.45, 7) is 3.47. The minimum atomic E-state index is -1.04. The number of aliphatic carboxylic acids is 1. The maximum Gasteiger partial charge on any atom is 0.306 e. The summed E-state index contributed by atoms with van der Waals surface area (Å²) >= 11 is 0. The maximum absolute atomic E-state index is 10.3. The van der Waals surface area contributed by atoms with E-state index in [0.717, 1.165) is 0 Å². The molecule has 70 valence electrons. The van der Waals surface area contributed by atoms with Crippen molar-refractivity contribution in [1.29, 1.82) is 0 Å². The lowest BCUT2D eigenvalue weighted by atomic mass is 10.1. The zero-order chi connectivity index (χ0) is 9.84. The van der Waals surface area contributed by atoms with E-state index in [4.69, 9.17) is 5.11 Å². The number of carbonyl (C=O) groups is 1. The first kappa shape index (κ1) is 9.47. The van der Waals surface area contributed by atoms with Gasteiger partial charge in [-0.1, -0.05) is 6.58 Å². The molecule has 5 heteroatoms. The summed E-state index contributed by atoms with van der Waals surface area (Å²) < 4.78 is 1.40. The molecule has 1 aromatic rings. The minimum absolute atomic E-state index is 0.317. The number of aliphatic hydroxyl groups excluding tert-OH is 1. The predicted molar refractivity (Wildman–Crippen MR) is 45.8 cm³/mol. The summed E-state index contributed by atoms with van der Waals surface area (Å²) in [4.78, 5) is 10.3. The standard InChI is InChI=1S/C8H10N2O3/c1-2-10-5-6(4-9-10)7(11)3-8(12)13/h2,4-5,7,11H,1,3H2,(H,12,13)/t7-/m0/s1. The second-order valence-electron chi connectivity index (χ2n) is 2.55. The van der Waals surface area contributed by atoms with Gasteiger partial charge < -0.3 is 10.2 Å². The van der Waals surface area contributed by atoms with Crippen molar-refractivity contribution in [2.24, 2.45) is 0 Å². The van der Waals surface area contributed by atoms with Gasteiger partial charge in [0.05, 0.1) is 18.7 Å². The van der Waals surface area contributed by atoms with E-state index >= 15 is 0 Å². The fraction of sp³-hybridized carbons (Fsp3) is 0.250. The van der Waals surface area contributed by atoms with Crippen LogP contribution in [0, 0.1) is 0 Å². The van der Waals surface area contributed by atoms with Crippen molar-refractivity contribution in [2.45, 2.75) is 12.5 Å². The molecular weight excluding hydrogens is 172 g/mol. The molecule has 1 rings (SSSR count). The van der Waals surface area contributed by atoms with E-state index in [1.54, 1.807) is 0 Å². The van der Waals surface area contributed by atoms with Gasteiger partial charge >= 0.3 is 5.97 Å². The van der Waals surface area contributed by atoms with Crippen LogP contribution in [0.5, 0.6) is 0 Å². The lowest BCUT2D eigenvalue weighted by Gasteiger charge is -2.02. The van der Waals surface area contributed by atoms with Crippen LogP contribution in [0.25, 0.3) is 6.20 Å². The van der Waals surface area contributed by atoms with Gasteiger partial charge in [0.2, 0.25) is 0 Å². The zero-order valence-corrected chi connectivity index (χ0v) is 6.92. The van der Waals surface area contributed by atoms with E-state index in [0.29, 0.717) is 5.56 Å². The van der Waals surface area contributed by atoms with Crippen molar-refractivity contribution in [2.75, 3.05) is 0 Å². The Labute approximate surface area is 74.9 Å². The van der Waals surface area contributed by atoms with Gasteiger partial charge in [-0.15, -0.1) is 0 Å². The third-order valence-electron chi connectivity index (χ3n) is 1.56. The van der Waals surface area contributed by atoms with Crippen molar-refractivity contribution in [1.82, 2.24) is 9.78 Å². The monoisotopic (exact) mass is 182 g/mol. The fourth-order valence-electron chi connectivity index (χ4n) is 0.908. The number of aliphatic hydroxyl groups is 1. The predicted octanol–water partition coefficient (Wildman–Crippen LogP) is 0.492. The molecule has 2 N–H and O–H groups in total. The number of carboxylic acids is 1. The van der Waals surface area contributed by atoms with Gasteiger partial charge in [0.15, 0.2) is 0 Å². The van der Waals surface area contributed by atoms with Crippen molar-refractivity contribution in [3.05, 3.63) is 24.5 Å². The van der Waals surface area contributed by atoms with Crippen molar-refractivity contribution >= 4 is 12.2 Å². The van der Waals surface area contributed by atoms with Crippen LogP contribution >= 0.6 is 0 Å². The molecule has 0 aromatic carbocycles. The molecule has 0 aliphatic carbocycles. The Morgan fingerprint density at radius 1 is 1.85 bits per heavy atom. The Morgan fingerprint density at radius 2 is 2.54 bits per heavy atom. The summed E-state index contributed by atoms with van der Waals surface area (Å²) in [5, 5.41) is 21.5. The second kappa shape index (κ2) is 3.86. The maximum atomic E-state index is 10.3. The van der Waals surface area contributed by atoms with E-state index < -0.39 is 12.1 Å². The summed E-state index contributed by atoms with van der Waals surface area (Å²) in [5.41, 5.74) is 0.474. The number of nitrogens with zero attached hydrogens (tertiary/aromatic N) is 2. The molecule has 0 amide bonds. The molecule has 13 heavy (non-hydrogen) atoms. The Bertz CT molecular complexity index is 319. The SMILES string of the molecule is C=Cn1cc([C@@H](O)CC(=O)O)cn1. The van der Waals surface area contributed by atoms with Crippen LogP contribution < -0.4 is 0 Å². The highest BCUT2D eigenvalue weighted by Gasteiger charge is 2.13. The van der Waals surface area contributed by atoms with Crippen LogP contribution in [0.15, 0.2) is 19.0 Å². The van der Waals surface area contributed by atoms with E-state index in [2.05, 4.69) is 11.7 Å². The number of hydrogen-bond donors (Lipinski definition) is 2. The molecule has 0 spiro atoms. The molecule has 0 bridgehead atoms. The van der Waals surface area contributed by atoms with Gasteiger partial charge in [-0.3, -0.25) is 4.79 Å². The van der Waals surface area contributed by atoms with Crippen LogP contribution in [-0.4, -0.2) is 26.0 Å². The second-order valence-corrected chi connectivity index (χ2v) is 2.55. The van der Waals surface area contributed by atoms with Crippen LogP contribution in [-0.2, 0) is 4.79 Å². The third-order valence-corrected chi connectivity index (χ3v) is 1.56. The van der Waals surface area contributed by atoms with Crippen molar-refractivity contribution < 1.29 is 15.0 Å². The van der Waals surface area contributed by atoms with Gasteiger partial charge in [-0.2, -0.15) is 5.10 Å². The first-order valence-corrected chi connectivity index (χ1v) is 3.70. The Hall–Kier alpha value is -1.62. The molecule has 0 fully saturated rings. The zero-order valence-electron chi connectivity index (χ0n) is 6.92. The first-order valence-electron chi connectivity index (χ1n) is 3.70. The molecule has 0 saturated heterocycles. The van der Waals surface area contributed by atoms with Gasteiger partial charge in [-0.25, -0.2) is 4.68 Å². The summed E-state index contributed by atoms with van der Waals surface area (Å²) in [7, 11) is 0. The number of hydrogen-bond acceptors (Lipinski definition) is 3. The average molecular weight is 182 g/mol. The molecule has 1 heterocycles. The summed E-state index contributed by atoms with van der Waals surface area (Å²) in [6, 6.07) is 0. The molecular formula is C8H10N2O3. The molecule has 0 radical (unpaired) electrons.